The third-order valence-corrected chi connectivity index (χ3v) is 6.61. The van der Waals surface area contributed by atoms with Crippen LogP contribution in [0.3, 0.4) is 0 Å². The molecule has 1 N–H and O–H groups in total. The van der Waals surface area contributed by atoms with Gasteiger partial charge < -0.3 is 9.64 Å². The monoisotopic (exact) mass is 406 g/mol. The number of hydrogen-bond donors (Lipinski definition) is 1. The number of nitrogens with zero attached hydrogens (tertiary/aromatic N) is 3. The van der Waals surface area contributed by atoms with Crippen LogP contribution in [0.2, 0.25) is 0 Å². The van der Waals surface area contributed by atoms with E-state index in [-0.39, 0.29) is 17.3 Å². The van der Waals surface area contributed by atoms with Crippen LogP contribution in [0, 0.1) is 0 Å². The molecule has 1 aliphatic rings. The summed E-state index contributed by atoms with van der Waals surface area (Å²) in [7, 11) is -2.13. The van der Waals surface area contributed by atoms with Gasteiger partial charge in [0.05, 0.1) is 10.4 Å². The zero-order valence-electron chi connectivity index (χ0n) is 16.2. The van der Waals surface area contributed by atoms with Crippen LogP contribution >= 0.6 is 0 Å². The number of likely N-dealkylation sites (tertiary alicyclic amines) is 1. The number of benzene rings is 1. The van der Waals surface area contributed by atoms with E-state index in [0.717, 1.165) is 0 Å². The molecule has 0 aliphatic carbocycles. The highest BCUT2D eigenvalue weighted by molar-refractivity contribution is 7.89. The maximum Gasteiger partial charge on any atom is 0.274 e. The third kappa shape index (κ3) is 4.43. The smallest absolute Gasteiger partial charge is 0.274 e. The van der Waals surface area contributed by atoms with Gasteiger partial charge in [0.1, 0.15) is 5.69 Å². The van der Waals surface area contributed by atoms with Gasteiger partial charge in [0.25, 0.3) is 5.91 Å². The molecular weight excluding hydrogens is 380 g/mol. The van der Waals surface area contributed by atoms with Crippen molar-refractivity contribution in [1.29, 1.82) is 0 Å². The van der Waals surface area contributed by atoms with Gasteiger partial charge in [-0.25, -0.2) is 13.1 Å². The summed E-state index contributed by atoms with van der Waals surface area (Å²) in [4.78, 5) is 14.7. The van der Waals surface area contributed by atoms with Gasteiger partial charge in [-0.1, -0.05) is 18.2 Å². The fourth-order valence-electron chi connectivity index (χ4n) is 3.44. The Morgan fingerprint density at radius 3 is 2.68 bits per heavy atom. The first kappa shape index (κ1) is 20.5. The summed E-state index contributed by atoms with van der Waals surface area (Å²) in [5, 5.41) is 4.27. The Morgan fingerprint density at radius 1 is 1.29 bits per heavy atom. The van der Waals surface area contributed by atoms with Gasteiger partial charge in [0, 0.05) is 39.5 Å². The Labute approximate surface area is 165 Å². The van der Waals surface area contributed by atoms with Crippen molar-refractivity contribution in [3.05, 3.63) is 48.3 Å². The minimum Gasteiger partial charge on any atom is -0.385 e. The highest BCUT2D eigenvalue weighted by Gasteiger charge is 2.43. The minimum absolute atomic E-state index is 0.189. The molecule has 0 saturated carbocycles. The fraction of sp³-hybridized carbons (Fsp3) is 0.474. The van der Waals surface area contributed by atoms with Crippen LogP contribution < -0.4 is 4.72 Å². The summed E-state index contributed by atoms with van der Waals surface area (Å²) in [5.74, 6) is -0.189. The number of hydrogen-bond acceptors (Lipinski definition) is 5. The normalized spacial score (nSPS) is 19.9. The second kappa shape index (κ2) is 8.42. The predicted octanol–water partition coefficient (Wildman–Crippen LogP) is 1.50. The SMILES string of the molecule is CCn1ccc(C(=O)N2CCC(CCOC)(NS(=O)(=O)c3ccccc3)C2)n1. The van der Waals surface area contributed by atoms with Crippen LogP contribution in [-0.2, 0) is 21.3 Å². The number of methoxy groups -OCH3 is 1. The van der Waals surface area contributed by atoms with Crippen molar-refractivity contribution in [2.24, 2.45) is 0 Å². The number of sulfonamides is 1. The fourth-order valence-corrected chi connectivity index (χ4v) is 4.91. The maximum absolute atomic E-state index is 12.9. The highest BCUT2D eigenvalue weighted by Crippen LogP contribution is 2.28. The number of ether oxygens (including phenoxy) is 1. The lowest BCUT2D eigenvalue weighted by Gasteiger charge is -2.30. The van der Waals surface area contributed by atoms with Gasteiger partial charge in [-0.15, -0.1) is 0 Å². The number of carbonyl (C=O) groups excluding carboxylic acids is 1. The van der Waals surface area contributed by atoms with E-state index in [1.54, 1.807) is 59.3 Å². The van der Waals surface area contributed by atoms with Gasteiger partial charge >= 0.3 is 0 Å². The molecular formula is C19H26N4O4S. The van der Waals surface area contributed by atoms with E-state index in [1.807, 2.05) is 6.92 Å². The minimum atomic E-state index is -3.71. The summed E-state index contributed by atoms with van der Waals surface area (Å²) >= 11 is 0. The molecule has 0 bridgehead atoms. The second-order valence-electron chi connectivity index (χ2n) is 6.98. The Hall–Kier alpha value is -2.23. The maximum atomic E-state index is 12.9. The molecule has 1 unspecified atom stereocenters. The molecule has 1 fully saturated rings. The molecule has 9 heteroatoms. The Balaban J connectivity index is 1.80. The van der Waals surface area contributed by atoms with Crippen molar-refractivity contribution in [3.8, 4) is 0 Å². The first-order chi connectivity index (χ1) is 13.4. The van der Waals surface area contributed by atoms with Gasteiger partial charge in [-0.05, 0) is 38.0 Å². The lowest BCUT2D eigenvalue weighted by Crippen LogP contribution is -2.51. The molecule has 8 nitrogen and oxygen atoms in total. The van der Waals surface area contributed by atoms with Crippen molar-refractivity contribution in [1.82, 2.24) is 19.4 Å². The molecule has 2 aromatic rings. The number of amides is 1. The zero-order valence-corrected chi connectivity index (χ0v) is 17.0. The summed E-state index contributed by atoms with van der Waals surface area (Å²) in [6.45, 7) is 3.76. The molecule has 1 aliphatic heterocycles. The molecule has 1 atom stereocenters. The van der Waals surface area contributed by atoms with Gasteiger partial charge in [0.15, 0.2) is 0 Å². The average Bonchev–Trinajstić information content (AvgIpc) is 3.34. The van der Waals surface area contributed by atoms with Gasteiger partial charge in [-0.2, -0.15) is 5.10 Å². The van der Waals surface area contributed by atoms with E-state index in [0.29, 0.717) is 38.2 Å². The topological polar surface area (TPSA) is 93.5 Å². The first-order valence-electron chi connectivity index (χ1n) is 9.30. The molecule has 3 rings (SSSR count). The van der Waals surface area contributed by atoms with Crippen LogP contribution in [0.5, 0.6) is 0 Å². The summed E-state index contributed by atoms with van der Waals surface area (Å²) < 4.78 is 35.5. The average molecular weight is 407 g/mol. The Kier molecular flexibility index (Phi) is 6.17. The number of nitrogens with one attached hydrogen (secondary N) is 1. The quantitative estimate of drug-likeness (QED) is 0.717. The van der Waals surface area contributed by atoms with Crippen molar-refractivity contribution in [2.75, 3.05) is 26.8 Å². The number of aromatic nitrogens is 2. The van der Waals surface area contributed by atoms with Crippen molar-refractivity contribution in [3.63, 3.8) is 0 Å². The van der Waals surface area contributed by atoms with Crippen LogP contribution in [0.4, 0.5) is 0 Å². The van der Waals surface area contributed by atoms with Gasteiger partial charge in [0.2, 0.25) is 10.0 Å². The second-order valence-corrected chi connectivity index (χ2v) is 8.66. The molecule has 1 amide bonds. The number of rotatable bonds is 8. The van der Waals surface area contributed by atoms with Crippen LogP contribution in [0.15, 0.2) is 47.5 Å². The van der Waals surface area contributed by atoms with Crippen molar-refractivity contribution in [2.45, 2.75) is 36.7 Å². The highest BCUT2D eigenvalue weighted by atomic mass is 32.2. The van der Waals surface area contributed by atoms with E-state index < -0.39 is 15.6 Å². The molecule has 1 saturated heterocycles. The van der Waals surface area contributed by atoms with Crippen molar-refractivity contribution < 1.29 is 17.9 Å². The standard InChI is InChI=1S/C19H26N4O4S/c1-3-23-12-9-17(20-23)18(24)22-13-10-19(15-22,11-14-27-2)21-28(25,26)16-7-5-4-6-8-16/h4-9,12,21H,3,10-11,13-15H2,1-2H3. The molecule has 2 heterocycles. The lowest BCUT2D eigenvalue weighted by atomic mass is 9.96. The largest absolute Gasteiger partial charge is 0.385 e. The summed E-state index contributed by atoms with van der Waals surface area (Å²) in [6, 6.07) is 9.94. The molecule has 0 spiro atoms. The van der Waals surface area contributed by atoms with Crippen LogP contribution in [0.1, 0.15) is 30.3 Å². The number of carbonyl (C=O) groups is 1. The van der Waals surface area contributed by atoms with Gasteiger partial charge in [-0.3, -0.25) is 9.48 Å². The lowest BCUT2D eigenvalue weighted by molar-refractivity contribution is 0.0768. The first-order valence-corrected chi connectivity index (χ1v) is 10.8. The number of aryl methyl sites for hydroxylation is 1. The summed E-state index contributed by atoms with van der Waals surface area (Å²) in [6.07, 6.45) is 2.75. The van der Waals surface area contributed by atoms with E-state index in [1.165, 1.54) is 0 Å². The van der Waals surface area contributed by atoms with Crippen molar-refractivity contribution >= 4 is 15.9 Å². The Morgan fingerprint density at radius 2 is 2.04 bits per heavy atom. The predicted molar refractivity (Wildman–Crippen MR) is 104 cm³/mol. The molecule has 1 aromatic carbocycles. The van der Waals surface area contributed by atoms with E-state index in [4.69, 9.17) is 4.74 Å². The Bertz CT molecular complexity index is 913. The third-order valence-electron chi connectivity index (χ3n) is 5.01. The van der Waals surface area contributed by atoms with Crippen LogP contribution in [0.25, 0.3) is 0 Å². The van der Waals surface area contributed by atoms with Crippen LogP contribution in [-0.4, -0.2) is 61.4 Å². The van der Waals surface area contributed by atoms with E-state index in [9.17, 15) is 13.2 Å². The molecule has 1 aromatic heterocycles. The molecule has 152 valence electrons. The van der Waals surface area contributed by atoms with E-state index in [2.05, 4.69) is 9.82 Å². The summed E-state index contributed by atoms with van der Waals surface area (Å²) in [5.41, 5.74) is -0.400. The molecule has 28 heavy (non-hydrogen) atoms. The van der Waals surface area contributed by atoms with E-state index >= 15 is 0 Å². The molecule has 0 radical (unpaired) electrons. The zero-order chi connectivity index (χ0) is 20.2.